The molecule has 0 bridgehead atoms. The molecule has 2 rings (SSSR count). The smallest absolute Gasteiger partial charge is 0.275 e. The number of nitrogens with two attached hydrogens (primary N) is 1. The maximum absolute atomic E-state index is 11.5. The van der Waals surface area contributed by atoms with Crippen molar-refractivity contribution in [3.63, 3.8) is 0 Å². The van der Waals surface area contributed by atoms with E-state index >= 15 is 0 Å². The lowest BCUT2D eigenvalue weighted by atomic mass is 10.1. The van der Waals surface area contributed by atoms with Gasteiger partial charge in [-0.15, -0.1) is 0 Å². The number of amides is 1. The average molecular weight is 280 g/mol. The van der Waals surface area contributed by atoms with Crippen LogP contribution in [0.2, 0.25) is 0 Å². The molecule has 1 unspecified atom stereocenters. The maximum Gasteiger partial charge on any atom is 0.275 e. The molecule has 20 heavy (non-hydrogen) atoms. The van der Waals surface area contributed by atoms with Gasteiger partial charge in [0, 0.05) is 37.5 Å². The quantitative estimate of drug-likeness (QED) is 0.587. The van der Waals surface area contributed by atoms with Crippen LogP contribution in [0.1, 0.15) is 0 Å². The molecule has 1 fully saturated rings. The molecule has 1 aromatic rings. The van der Waals surface area contributed by atoms with E-state index in [0.29, 0.717) is 31.1 Å². The molecule has 0 radical (unpaired) electrons. The number of hydrogen-bond acceptors (Lipinski definition) is 6. The Morgan fingerprint density at radius 3 is 2.90 bits per heavy atom. The summed E-state index contributed by atoms with van der Waals surface area (Å²) < 4.78 is 5.07. The number of hydrogen-bond donors (Lipinski definition) is 2. The fraction of sp³-hybridized carbons (Fsp3) is 0.417. The number of piperazine rings is 1. The molecule has 0 spiro atoms. The first-order valence-corrected chi connectivity index (χ1v) is 6.13. The van der Waals surface area contributed by atoms with Gasteiger partial charge >= 0.3 is 0 Å². The number of carbonyl (C=O) groups excluding carboxylic acids is 1. The van der Waals surface area contributed by atoms with E-state index in [4.69, 9.17) is 10.5 Å². The van der Waals surface area contributed by atoms with E-state index in [-0.39, 0.29) is 5.69 Å². The third kappa shape index (κ3) is 2.80. The van der Waals surface area contributed by atoms with E-state index in [9.17, 15) is 14.9 Å². The van der Waals surface area contributed by atoms with Gasteiger partial charge in [0.05, 0.1) is 18.1 Å². The van der Waals surface area contributed by atoms with Gasteiger partial charge in [-0.2, -0.15) is 0 Å². The van der Waals surface area contributed by atoms with Gasteiger partial charge in [0.15, 0.2) is 0 Å². The zero-order chi connectivity index (χ0) is 14.7. The number of rotatable bonds is 4. The van der Waals surface area contributed by atoms with Gasteiger partial charge in [0.25, 0.3) is 5.69 Å². The number of anilines is 1. The summed E-state index contributed by atoms with van der Waals surface area (Å²) in [6.45, 7) is 1.63. The molecular formula is C12H16N4O4. The second-order valence-corrected chi connectivity index (χ2v) is 4.46. The summed E-state index contributed by atoms with van der Waals surface area (Å²) in [5.74, 6) is -0.0985. The molecule has 0 saturated carbocycles. The Morgan fingerprint density at radius 1 is 1.55 bits per heavy atom. The van der Waals surface area contributed by atoms with Crippen molar-refractivity contribution in [2.24, 2.45) is 5.73 Å². The van der Waals surface area contributed by atoms with Crippen LogP contribution in [0, 0.1) is 10.1 Å². The Bertz CT molecular complexity index is 534. The van der Waals surface area contributed by atoms with Crippen molar-refractivity contribution < 1.29 is 14.5 Å². The Balaban J connectivity index is 2.41. The van der Waals surface area contributed by atoms with E-state index in [1.54, 1.807) is 11.0 Å². The van der Waals surface area contributed by atoms with Crippen LogP contribution in [0.5, 0.6) is 5.75 Å². The van der Waals surface area contributed by atoms with E-state index in [1.807, 2.05) is 0 Å². The number of nitrogens with zero attached hydrogens (tertiary/aromatic N) is 2. The Hall–Kier alpha value is -2.35. The summed E-state index contributed by atoms with van der Waals surface area (Å²) in [5.41, 5.74) is 5.85. The molecule has 1 aliphatic rings. The van der Waals surface area contributed by atoms with Crippen molar-refractivity contribution in [1.82, 2.24) is 5.32 Å². The summed E-state index contributed by atoms with van der Waals surface area (Å²) in [6, 6.07) is 3.89. The first-order chi connectivity index (χ1) is 9.52. The molecule has 8 nitrogen and oxygen atoms in total. The lowest BCUT2D eigenvalue weighted by Gasteiger charge is -2.36. The molecule has 1 aliphatic heterocycles. The lowest BCUT2D eigenvalue weighted by Crippen LogP contribution is -2.57. The molecule has 1 saturated heterocycles. The highest BCUT2D eigenvalue weighted by Crippen LogP contribution is 2.29. The third-order valence-electron chi connectivity index (χ3n) is 3.23. The van der Waals surface area contributed by atoms with E-state index in [0.717, 1.165) is 0 Å². The minimum absolute atomic E-state index is 0.0823. The highest BCUT2D eigenvalue weighted by atomic mass is 16.6. The zero-order valence-electron chi connectivity index (χ0n) is 11.0. The molecule has 108 valence electrons. The van der Waals surface area contributed by atoms with Crippen LogP contribution in [0.4, 0.5) is 11.4 Å². The predicted molar refractivity (Wildman–Crippen MR) is 72.8 cm³/mol. The van der Waals surface area contributed by atoms with Gasteiger partial charge in [0.2, 0.25) is 5.91 Å². The fourth-order valence-electron chi connectivity index (χ4n) is 2.22. The molecule has 8 heteroatoms. The summed E-state index contributed by atoms with van der Waals surface area (Å²) in [6.07, 6.45) is 0. The first kappa shape index (κ1) is 14.1. The Labute approximate surface area is 115 Å². The second-order valence-electron chi connectivity index (χ2n) is 4.46. The van der Waals surface area contributed by atoms with Crippen molar-refractivity contribution in [3.05, 3.63) is 28.3 Å². The number of carbonyl (C=O) groups is 1. The zero-order valence-corrected chi connectivity index (χ0v) is 11.0. The topological polar surface area (TPSA) is 111 Å². The normalized spacial score (nSPS) is 18.6. The van der Waals surface area contributed by atoms with E-state index < -0.39 is 16.9 Å². The molecule has 1 amide bonds. The molecule has 1 heterocycles. The largest absolute Gasteiger partial charge is 0.496 e. The number of nitrogens with one attached hydrogen (secondary N) is 1. The predicted octanol–water partition coefficient (Wildman–Crippen LogP) is -0.133. The third-order valence-corrected chi connectivity index (χ3v) is 3.23. The van der Waals surface area contributed by atoms with Crippen LogP contribution in [-0.2, 0) is 4.79 Å². The number of nitro benzene ring substituents is 1. The maximum atomic E-state index is 11.5. The number of methoxy groups -OCH3 is 1. The van der Waals surface area contributed by atoms with Gasteiger partial charge in [0.1, 0.15) is 11.8 Å². The van der Waals surface area contributed by atoms with Crippen LogP contribution in [0.15, 0.2) is 18.2 Å². The van der Waals surface area contributed by atoms with Crippen molar-refractivity contribution in [2.45, 2.75) is 6.04 Å². The van der Waals surface area contributed by atoms with Crippen LogP contribution in [-0.4, -0.2) is 43.6 Å². The second kappa shape index (κ2) is 5.74. The van der Waals surface area contributed by atoms with Crippen LogP contribution < -0.4 is 20.7 Å². The highest BCUT2D eigenvalue weighted by molar-refractivity contribution is 5.84. The highest BCUT2D eigenvalue weighted by Gasteiger charge is 2.28. The number of ether oxygens (including phenoxy) is 1. The molecule has 3 N–H and O–H groups in total. The number of benzene rings is 1. The van der Waals surface area contributed by atoms with E-state index in [1.165, 1.54) is 19.2 Å². The fourth-order valence-corrected chi connectivity index (χ4v) is 2.22. The van der Waals surface area contributed by atoms with Crippen LogP contribution >= 0.6 is 0 Å². The minimum Gasteiger partial charge on any atom is -0.496 e. The van der Waals surface area contributed by atoms with Gasteiger partial charge in [-0.05, 0) is 0 Å². The van der Waals surface area contributed by atoms with Crippen LogP contribution in [0.25, 0.3) is 0 Å². The molecule has 1 atom stereocenters. The summed E-state index contributed by atoms with van der Waals surface area (Å²) in [7, 11) is 1.44. The average Bonchev–Trinajstić information content (AvgIpc) is 2.46. The molecule has 0 aromatic heterocycles. The summed E-state index contributed by atoms with van der Waals surface area (Å²) >= 11 is 0. The van der Waals surface area contributed by atoms with Gasteiger partial charge in [-0.1, -0.05) is 0 Å². The standard InChI is InChI=1S/C12H16N4O4/c1-20-10-5-8(4-9(6-10)16(18)19)15-3-2-14-7-11(15)12(13)17/h4-6,11,14H,2-3,7H2,1H3,(H2,13,17). The molecule has 1 aromatic carbocycles. The van der Waals surface area contributed by atoms with E-state index in [2.05, 4.69) is 5.32 Å². The van der Waals surface area contributed by atoms with Gasteiger partial charge in [-0.3, -0.25) is 14.9 Å². The first-order valence-electron chi connectivity index (χ1n) is 6.13. The number of nitro groups is 1. The summed E-state index contributed by atoms with van der Waals surface area (Å²) in [5, 5.41) is 14.0. The summed E-state index contributed by atoms with van der Waals surface area (Å²) in [4.78, 5) is 23.7. The van der Waals surface area contributed by atoms with Crippen molar-refractivity contribution in [3.8, 4) is 5.75 Å². The number of non-ortho nitro benzene ring substituents is 1. The lowest BCUT2D eigenvalue weighted by molar-refractivity contribution is -0.384. The monoisotopic (exact) mass is 280 g/mol. The Kier molecular flexibility index (Phi) is 4.04. The minimum atomic E-state index is -0.532. The number of primary amides is 1. The van der Waals surface area contributed by atoms with Gasteiger partial charge in [-0.25, -0.2) is 0 Å². The molecule has 0 aliphatic carbocycles. The SMILES string of the molecule is COc1cc(N2CCNCC2C(N)=O)cc([N+](=O)[O-])c1. The van der Waals surface area contributed by atoms with Crippen molar-refractivity contribution >= 4 is 17.3 Å². The molecular weight excluding hydrogens is 264 g/mol. The van der Waals surface area contributed by atoms with Crippen LogP contribution in [0.3, 0.4) is 0 Å². The Morgan fingerprint density at radius 2 is 2.30 bits per heavy atom. The van der Waals surface area contributed by atoms with Crippen molar-refractivity contribution in [2.75, 3.05) is 31.6 Å². The van der Waals surface area contributed by atoms with Crippen molar-refractivity contribution in [1.29, 1.82) is 0 Å². The van der Waals surface area contributed by atoms with Gasteiger partial charge < -0.3 is 20.7 Å².